The van der Waals surface area contributed by atoms with Gasteiger partial charge in [0.1, 0.15) is 0 Å². The summed E-state index contributed by atoms with van der Waals surface area (Å²) in [5.74, 6) is -0.390. The first-order valence-corrected chi connectivity index (χ1v) is 8.54. The van der Waals surface area contributed by atoms with Crippen LogP contribution in [0.2, 0.25) is 0 Å². The molecule has 0 atom stereocenters. The van der Waals surface area contributed by atoms with Gasteiger partial charge in [-0.1, -0.05) is 18.2 Å². The minimum absolute atomic E-state index is 0.124. The summed E-state index contributed by atoms with van der Waals surface area (Å²) in [5, 5.41) is 5.55. The molecule has 0 fully saturated rings. The number of para-hydroxylation sites is 1. The van der Waals surface area contributed by atoms with Crippen molar-refractivity contribution in [1.29, 1.82) is 0 Å². The fraction of sp³-hybridized carbons (Fsp3) is 0.0500. The highest BCUT2D eigenvalue weighted by molar-refractivity contribution is 7.80. The maximum absolute atomic E-state index is 12.6. The standard InChI is InChI=1S/C20H17N3O3S/c1-23(16-6-3-2-4-7-16)19(25)14-9-11-15(12-10-14)21-20(27)22-18(24)17-8-5-13-26-17/h2-13H,1H3,(H2,21,22,24,27). The zero-order valence-electron chi connectivity index (χ0n) is 14.5. The maximum atomic E-state index is 12.6. The molecule has 27 heavy (non-hydrogen) atoms. The number of carbonyl (C=O) groups excluding carboxylic acids is 2. The zero-order valence-corrected chi connectivity index (χ0v) is 15.3. The molecule has 0 bridgehead atoms. The molecule has 1 heterocycles. The van der Waals surface area contributed by atoms with Crippen LogP contribution in [0, 0.1) is 0 Å². The van der Waals surface area contributed by atoms with E-state index < -0.39 is 5.91 Å². The van der Waals surface area contributed by atoms with Gasteiger partial charge in [0.05, 0.1) is 6.26 Å². The lowest BCUT2D eigenvalue weighted by Gasteiger charge is -2.17. The first-order chi connectivity index (χ1) is 13.0. The molecule has 0 aliphatic rings. The molecule has 2 aromatic carbocycles. The molecule has 1 aromatic heterocycles. The number of hydrogen-bond acceptors (Lipinski definition) is 4. The Morgan fingerprint density at radius 1 is 0.963 bits per heavy atom. The molecule has 6 nitrogen and oxygen atoms in total. The molecule has 3 rings (SSSR count). The van der Waals surface area contributed by atoms with E-state index in [-0.39, 0.29) is 16.8 Å². The number of anilines is 2. The van der Waals surface area contributed by atoms with Gasteiger partial charge in [-0.2, -0.15) is 0 Å². The van der Waals surface area contributed by atoms with E-state index in [1.54, 1.807) is 48.3 Å². The van der Waals surface area contributed by atoms with Crippen molar-refractivity contribution in [2.45, 2.75) is 0 Å². The van der Waals surface area contributed by atoms with Gasteiger partial charge < -0.3 is 14.6 Å². The number of furan rings is 1. The van der Waals surface area contributed by atoms with Gasteiger partial charge in [0.15, 0.2) is 10.9 Å². The smallest absolute Gasteiger partial charge is 0.293 e. The Labute approximate surface area is 161 Å². The number of carbonyl (C=O) groups is 2. The Morgan fingerprint density at radius 2 is 1.67 bits per heavy atom. The second kappa shape index (κ2) is 8.29. The monoisotopic (exact) mass is 379 g/mol. The summed E-state index contributed by atoms with van der Waals surface area (Å²) in [5.41, 5.74) is 2.00. The highest BCUT2D eigenvalue weighted by Gasteiger charge is 2.14. The molecular weight excluding hydrogens is 362 g/mol. The van der Waals surface area contributed by atoms with Gasteiger partial charge in [-0.3, -0.25) is 14.9 Å². The first kappa shape index (κ1) is 18.3. The van der Waals surface area contributed by atoms with Gasteiger partial charge in [-0.05, 0) is 60.7 Å². The molecule has 0 aliphatic carbocycles. The zero-order chi connectivity index (χ0) is 19.2. The van der Waals surface area contributed by atoms with Crippen LogP contribution in [-0.2, 0) is 0 Å². The van der Waals surface area contributed by atoms with Crippen LogP contribution in [0.5, 0.6) is 0 Å². The molecule has 0 saturated carbocycles. The second-order valence-electron chi connectivity index (χ2n) is 5.66. The maximum Gasteiger partial charge on any atom is 0.293 e. The Bertz CT molecular complexity index is 938. The van der Waals surface area contributed by atoms with Crippen molar-refractivity contribution in [3.63, 3.8) is 0 Å². The summed E-state index contributed by atoms with van der Waals surface area (Å²) in [6.45, 7) is 0. The highest BCUT2D eigenvalue weighted by atomic mass is 32.1. The lowest BCUT2D eigenvalue weighted by atomic mass is 10.1. The number of nitrogens with one attached hydrogen (secondary N) is 2. The highest BCUT2D eigenvalue weighted by Crippen LogP contribution is 2.16. The van der Waals surface area contributed by atoms with E-state index in [1.807, 2.05) is 30.3 Å². The predicted molar refractivity (Wildman–Crippen MR) is 108 cm³/mol. The van der Waals surface area contributed by atoms with Crippen LogP contribution in [0.25, 0.3) is 0 Å². The Morgan fingerprint density at radius 3 is 2.30 bits per heavy atom. The van der Waals surface area contributed by atoms with E-state index in [4.69, 9.17) is 16.6 Å². The fourth-order valence-electron chi connectivity index (χ4n) is 2.39. The van der Waals surface area contributed by atoms with Crippen molar-refractivity contribution in [2.24, 2.45) is 0 Å². The SMILES string of the molecule is CN(C(=O)c1ccc(NC(=S)NC(=O)c2ccco2)cc1)c1ccccc1. The third-order valence-electron chi connectivity index (χ3n) is 3.81. The van der Waals surface area contributed by atoms with Crippen molar-refractivity contribution in [2.75, 3.05) is 17.3 Å². The normalized spacial score (nSPS) is 10.1. The summed E-state index contributed by atoms with van der Waals surface area (Å²) in [7, 11) is 1.73. The van der Waals surface area contributed by atoms with Crippen LogP contribution in [-0.4, -0.2) is 24.0 Å². The lowest BCUT2D eigenvalue weighted by Crippen LogP contribution is -2.33. The molecule has 0 radical (unpaired) electrons. The quantitative estimate of drug-likeness (QED) is 0.677. The Kier molecular flexibility index (Phi) is 5.63. The van der Waals surface area contributed by atoms with Gasteiger partial charge in [0.25, 0.3) is 11.8 Å². The summed E-state index contributed by atoms with van der Waals surface area (Å²) in [4.78, 5) is 26.0. The molecule has 2 N–H and O–H groups in total. The fourth-order valence-corrected chi connectivity index (χ4v) is 2.60. The van der Waals surface area contributed by atoms with E-state index in [9.17, 15) is 9.59 Å². The van der Waals surface area contributed by atoms with Crippen LogP contribution >= 0.6 is 12.2 Å². The van der Waals surface area contributed by atoms with E-state index >= 15 is 0 Å². The number of thiocarbonyl (C=S) groups is 1. The van der Waals surface area contributed by atoms with Crippen LogP contribution in [0.3, 0.4) is 0 Å². The first-order valence-electron chi connectivity index (χ1n) is 8.13. The van der Waals surface area contributed by atoms with Crippen molar-refractivity contribution in [1.82, 2.24) is 5.32 Å². The summed E-state index contributed by atoms with van der Waals surface area (Å²) >= 11 is 5.12. The second-order valence-corrected chi connectivity index (χ2v) is 6.07. The topological polar surface area (TPSA) is 74.6 Å². The third kappa shape index (κ3) is 4.59. The molecule has 136 valence electrons. The van der Waals surface area contributed by atoms with Crippen LogP contribution < -0.4 is 15.5 Å². The van der Waals surface area contributed by atoms with Gasteiger partial charge >= 0.3 is 0 Å². The van der Waals surface area contributed by atoms with E-state index in [2.05, 4.69) is 10.6 Å². The average Bonchev–Trinajstić information content (AvgIpc) is 3.23. The molecule has 7 heteroatoms. The summed E-state index contributed by atoms with van der Waals surface area (Å²) in [6, 6.07) is 19.4. The van der Waals surface area contributed by atoms with Crippen LogP contribution in [0.15, 0.2) is 77.4 Å². The Balaban J connectivity index is 1.60. The van der Waals surface area contributed by atoms with Gasteiger partial charge in [-0.25, -0.2) is 0 Å². The molecule has 3 aromatic rings. The number of nitrogens with zero attached hydrogens (tertiary/aromatic N) is 1. The predicted octanol–water partition coefficient (Wildman–Crippen LogP) is 3.68. The third-order valence-corrected chi connectivity index (χ3v) is 4.01. The average molecular weight is 379 g/mol. The molecular formula is C20H17N3O3S. The molecule has 0 spiro atoms. The molecule has 0 saturated heterocycles. The number of amides is 2. The van der Waals surface area contributed by atoms with Crippen LogP contribution in [0.1, 0.15) is 20.9 Å². The molecule has 2 amide bonds. The van der Waals surface area contributed by atoms with Crippen molar-refractivity contribution < 1.29 is 14.0 Å². The number of benzene rings is 2. The molecule has 0 unspecified atom stereocenters. The lowest BCUT2D eigenvalue weighted by molar-refractivity contribution is 0.0949. The van der Waals surface area contributed by atoms with E-state index in [1.165, 1.54) is 6.26 Å². The van der Waals surface area contributed by atoms with Gasteiger partial charge in [0, 0.05) is 24.0 Å². The summed E-state index contributed by atoms with van der Waals surface area (Å²) < 4.78 is 5.01. The van der Waals surface area contributed by atoms with Crippen LogP contribution in [0.4, 0.5) is 11.4 Å². The van der Waals surface area contributed by atoms with Gasteiger partial charge in [0.2, 0.25) is 0 Å². The van der Waals surface area contributed by atoms with E-state index in [0.29, 0.717) is 11.3 Å². The van der Waals surface area contributed by atoms with Crippen molar-refractivity contribution in [3.05, 3.63) is 84.3 Å². The van der Waals surface area contributed by atoms with Gasteiger partial charge in [-0.15, -0.1) is 0 Å². The van der Waals surface area contributed by atoms with Crippen molar-refractivity contribution >= 4 is 40.5 Å². The summed E-state index contributed by atoms with van der Waals surface area (Å²) in [6.07, 6.45) is 1.41. The van der Waals surface area contributed by atoms with Crippen molar-refractivity contribution in [3.8, 4) is 0 Å². The number of rotatable bonds is 4. The Hall–Kier alpha value is -3.45. The minimum Gasteiger partial charge on any atom is -0.459 e. The van der Waals surface area contributed by atoms with E-state index in [0.717, 1.165) is 5.69 Å². The molecule has 0 aliphatic heterocycles. The minimum atomic E-state index is -0.436. The number of hydrogen-bond donors (Lipinski definition) is 2. The largest absolute Gasteiger partial charge is 0.459 e.